The molecule has 0 heterocycles. The summed E-state index contributed by atoms with van der Waals surface area (Å²) in [6.07, 6.45) is -2.87. The molecule has 1 rings (SSSR count). The minimum absolute atomic E-state index is 0.0107. The summed E-state index contributed by atoms with van der Waals surface area (Å²) in [7, 11) is 0. The van der Waals surface area contributed by atoms with E-state index in [9.17, 15) is 13.2 Å². The first-order valence-electron chi connectivity index (χ1n) is 7.42. The molecule has 0 aliphatic rings. The molecule has 0 radical (unpaired) electrons. The highest BCUT2D eigenvalue weighted by atomic mass is 79.9. The van der Waals surface area contributed by atoms with Crippen LogP contribution in [0.3, 0.4) is 0 Å². The Morgan fingerprint density at radius 2 is 1.92 bits per heavy atom. The van der Waals surface area contributed by atoms with Crippen molar-refractivity contribution in [2.24, 2.45) is 5.16 Å². The monoisotopic (exact) mass is 477 g/mol. The van der Waals surface area contributed by atoms with E-state index in [0.29, 0.717) is 6.42 Å². The molecule has 0 fully saturated rings. The van der Waals surface area contributed by atoms with Gasteiger partial charge in [0.1, 0.15) is 30.3 Å². The van der Waals surface area contributed by atoms with Gasteiger partial charge in [0.15, 0.2) is 0 Å². The molecular weight excluding hydrogens is 462 g/mol. The molecule has 0 N–H and O–H groups in total. The first-order valence-corrected chi connectivity index (χ1v) is 8.96. The summed E-state index contributed by atoms with van der Waals surface area (Å²) in [5.74, 6) is -0.497. The molecule has 4 nitrogen and oxygen atoms in total. The van der Waals surface area contributed by atoms with Crippen LogP contribution in [0.1, 0.15) is 25.8 Å². The maximum Gasteiger partial charge on any atom is 0.420 e. The molecule has 146 valence electrons. The quantitative estimate of drug-likeness (QED) is 0.234. The number of rotatable bonds is 9. The maximum atomic E-state index is 13.3. The molecule has 1 aromatic rings. The fraction of sp³-hybridized carbons (Fsp3) is 0.438. The zero-order chi connectivity index (χ0) is 19.7. The Bertz CT molecular complexity index is 659. The Kier molecular flexibility index (Phi) is 9.60. The van der Waals surface area contributed by atoms with Gasteiger partial charge in [-0.05, 0) is 41.9 Å². The molecule has 0 bridgehead atoms. The lowest BCUT2D eigenvalue weighted by Crippen LogP contribution is -2.11. The van der Waals surface area contributed by atoms with Gasteiger partial charge in [0.05, 0.1) is 21.3 Å². The van der Waals surface area contributed by atoms with Gasteiger partial charge >= 0.3 is 6.18 Å². The molecule has 0 spiro atoms. The highest BCUT2D eigenvalue weighted by Crippen LogP contribution is 2.43. The van der Waals surface area contributed by atoms with E-state index in [-0.39, 0.29) is 34.5 Å². The molecular formula is C16H17BrCl2F3NO3. The smallest absolute Gasteiger partial charge is 0.420 e. The molecule has 0 amide bonds. The fourth-order valence-electron chi connectivity index (χ4n) is 1.68. The number of nitrogens with zero attached hydrogens (tertiary/aromatic N) is 1. The number of alkyl halides is 3. The van der Waals surface area contributed by atoms with E-state index in [1.807, 2.05) is 0 Å². The molecule has 0 aliphatic carbocycles. The molecule has 0 atom stereocenters. The number of hydrogen-bond acceptors (Lipinski definition) is 4. The summed E-state index contributed by atoms with van der Waals surface area (Å²) in [5.41, 5.74) is -0.280. The van der Waals surface area contributed by atoms with Crippen molar-refractivity contribution < 1.29 is 27.5 Å². The van der Waals surface area contributed by atoms with Gasteiger partial charge in [0.2, 0.25) is 0 Å². The summed E-state index contributed by atoms with van der Waals surface area (Å²) >= 11 is 14.5. The van der Waals surface area contributed by atoms with E-state index in [0.717, 1.165) is 11.8 Å². The highest BCUT2D eigenvalue weighted by Gasteiger charge is 2.36. The minimum atomic E-state index is -4.65. The number of ether oxygens (including phenoxy) is 2. The van der Waals surface area contributed by atoms with Gasteiger partial charge in [-0.2, -0.15) is 13.2 Å². The van der Waals surface area contributed by atoms with Crippen LogP contribution in [-0.4, -0.2) is 25.5 Å². The summed E-state index contributed by atoms with van der Waals surface area (Å²) in [6.45, 7) is 3.70. The van der Waals surface area contributed by atoms with Crippen molar-refractivity contribution in [2.75, 3.05) is 19.8 Å². The molecule has 0 unspecified atom stereocenters. The van der Waals surface area contributed by atoms with Crippen LogP contribution in [0.15, 0.2) is 27.3 Å². The molecule has 0 saturated heterocycles. The Hall–Kier alpha value is -1.12. The topological polar surface area (TPSA) is 40.0 Å². The SMILES string of the molecule is CC(C)=NOCCCOc1c(Cl)cc(OC/C=C(/Cl)Br)cc1C(F)(F)F. The Balaban J connectivity index is 2.83. The molecule has 1 aromatic carbocycles. The van der Waals surface area contributed by atoms with Gasteiger partial charge in [-0.25, -0.2) is 0 Å². The van der Waals surface area contributed by atoms with E-state index in [4.69, 9.17) is 37.5 Å². The van der Waals surface area contributed by atoms with Gasteiger partial charge in [-0.3, -0.25) is 0 Å². The number of halogens is 6. The Labute approximate surface area is 168 Å². The van der Waals surface area contributed by atoms with Crippen molar-refractivity contribution in [3.63, 3.8) is 0 Å². The predicted molar refractivity (Wildman–Crippen MR) is 99.7 cm³/mol. The summed E-state index contributed by atoms with van der Waals surface area (Å²) < 4.78 is 50.6. The summed E-state index contributed by atoms with van der Waals surface area (Å²) in [4.78, 5) is 4.96. The second-order valence-corrected chi connectivity index (χ2v) is 7.28. The largest absolute Gasteiger partial charge is 0.491 e. The third kappa shape index (κ3) is 8.51. The summed E-state index contributed by atoms with van der Waals surface area (Å²) in [5, 5.41) is 3.52. The average molecular weight is 479 g/mol. The van der Waals surface area contributed by atoms with Crippen molar-refractivity contribution in [1.82, 2.24) is 0 Å². The van der Waals surface area contributed by atoms with Crippen molar-refractivity contribution in [3.05, 3.63) is 32.7 Å². The van der Waals surface area contributed by atoms with Crippen LogP contribution in [0.4, 0.5) is 13.2 Å². The van der Waals surface area contributed by atoms with Gasteiger partial charge in [0.25, 0.3) is 0 Å². The van der Waals surface area contributed by atoms with Crippen molar-refractivity contribution in [3.8, 4) is 11.5 Å². The number of benzene rings is 1. The second kappa shape index (κ2) is 10.9. The second-order valence-electron chi connectivity index (χ2n) is 5.16. The van der Waals surface area contributed by atoms with E-state index in [2.05, 4.69) is 21.1 Å². The first kappa shape index (κ1) is 22.9. The molecule has 0 aliphatic heterocycles. The standard InChI is InChI=1S/C16H17BrCl2F3NO3/c1-10(2)23-26-6-3-5-25-15-12(16(20,21)22)8-11(9-13(15)18)24-7-4-14(17)19/h4,8-9H,3,5-7H2,1-2H3/b14-4+. The van der Waals surface area contributed by atoms with E-state index >= 15 is 0 Å². The Morgan fingerprint density at radius 3 is 2.50 bits per heavy atom. The van der Waals surface area contributed by atoms with E-state index < -0.39 is 17.5 Å². The van der Waals surface area contributed by atoms with E-state index in [1.165, 1.54) is 12.1 Å². The normalized spacial score (nSPS) is 11.9. The van der Waals surface area contributed by atoms with Crippen molar-refractivity contribution >= 4 is 44.8 Å². The lowest BCUT2D eigenvalue weighted by Gasteiger charge is -2.17. The van der Waals surface area contributed by atoms with Crippen molar-refractivity contribution in [2.45, 2.75) is 26.4 Å². The zero-order valence-electron chi connectivity index (χ0n) is 14.0. The number of hydrogen-bond donors (Lipinski definition) is 0. The van der Waals surface area contributed by atoms with E-state index in [1.54, 1.807) is 13.8 Å². The highest BCUT2D eigenvalue weighted by molar-refractivity contribution is 9.12. The predicted octanol–water partition coefficient (Wildman–Crippen LogP) is 6.39. The van der Waals surface area contributed by atoms with Crippen LogP contribution in [-0.2, 0) is 11.0 Å². The fourth-order valence-corrected chi connectivity index (χ4v) is 2.14. The molecule has 10 heteroatoms. The van der Waals surface area contributed by atoms with Crippen LogP contribution >= 0.6 is 39.1 Å². The average Bonchev–Trinajstić information content (AvgIpc) is 2.50. The molecule has 26 heavy (non-hydrogen) atoms. The lowest BCUT2D eigenvalue weighted by atomic mass is 10.1. The van der Waals surface area contributed by atoms with Crippen LogP contribution in [0.2, 0.25) is 5.02 Å². The van der Waals surface area contributed by atoms with Crippen LogP contribution in [0.5, 0.6) is 11.5 Å². The van der Waals surface area contributed by atoms with Crippen LogP contribution < -0.4 is 9.47 Å². The maximum absolute atomic E-state index is 13.3. The minimum Gasteiger partial charge on any atom is -0.491 e. The molecule has 0 aromatic heterocycles. The third-order valence-electron chi connectivity index (χ3n) is 2.68. The van der Waals surface area contributed by atoms with Crippen LogP contribution in [0.25, 0.3) is 0 Å². The number of oxime groups is 1. The van der Waals surface area contributed by atoms with Crippen molar-refractivity contribution in [1.29, 1.82) is 0 Å². The van der Waals surface area contributed by atoms with Gasteiger partial charge in [0, 0.05) is 12.5 Å². The van der Waals surface area contributed by atoms with Gasteiger partial charge < -0.3 is 14.3 Å². The zero-order valence-corrected chi connectivity index (χ0v) is 17.1. The molecule has 0 saturated carbocycles. The first-order chi connectivity index (χ1) is 12.1. The van der Waals surface area contributed by atoms with Crippen LogP contribution in [0, 0.1) is 0 Å². The third-order valence-corrected chi connectivity index (χ3v) is 3.44. The van der Waals surface area contributed by atoms with Gasteiger partial charge in [-0.15, -0.1) is 0 Å². The summed E-state index contributed by atoms with van der Waals surface area (Å²) in [6, 6.07) is 2.09. The Morgan fingerprint density at radius 1 is 1.23 bits per heavy atom. The lowest BCUT2D eigenvalue weighted by molar-refractivity contribution is -0.139. The van der Waals surface area contributed by atoms with Gasteiger partial charge in [-0.1, -0.05) is 28.4 Å².